The molecule has 2 rings (SSSR count). The Morgan fingerprint density at radius 2 is 1.85 bits per heavy atom. The lowest BCUT2D eigenvalue weighted by atomic mass is 10.0. The van der Waals surface area contributed by atoms with Crippen molar-refractivity contribution < 1.29 is 5.11 Å². The summed E-state index contributed by atoms with van der Waals surface area (Å²) in [6, 6.07) is 13.5. The van der Waals surface area contributed by atoms with E-state index in [9.17, 15) is 5.11 Å². The van der Waals surface area contributed by atoms with E-state index in [1.165, 1.54) is 0 Å². The van der Waals surface area contributed by atoms with E-state index < -0.39 is 0 Å². The molecule has 0 aromatic heterocycles. The summed E-state index contributed by atoms with van der Waals surface area (Å²) in [6.07, 6.45) is 0.901. The molecule has 0 aliphatic carbocycles. The van der Waals surface area contributed by atoms with Gasteiger partial charge in [-0.05, 0) is 30.2 Å². The Kier molecular flexibility index (Phi) is 5.30. The Labute approximate surface area is 129 Å². The highest BCUT2D eigenvalue weighted by Crippen LogP contribution is 2.29. The molecule has 2 aromatic carbocycles. The molecule has 2 N–H and O–H groups in total. The van der Waals surface area contributed by atoms with E-state index in [0.29, 0.717) is 10.0 Å². The van der Waals surface area contributed by atoms with Crippen molar-refractivity contribution in [2.45, 2.75) is 26.0 Å². The first-order chi connectivity index (χ1) is 9.65. The first-order valence-electron chi connectivity index (χ1n) is 6.56. The van der Waals surface area contributed by atoms with Crippen LogP contribution in [0.1, 0.15) is 30.5 Å². The minimum atomic E-state index is 0.0149. The third kappa shape index (κ3) is 3.45. The Hall–Kier alpha value is -1.22. The molecule has 1 unspecified atom stereocenters. The standard InChI is InChI=1S/C16H17Cl2NO/c1-2-15(11-7-8-13(17)14(18)9-11)19-16-6-4-3-5-12(16)10-20/h3-9,15,19-20H,2,10H2,1H3. The molecule has 0 aliphatic rings. The molecule has 2 aromatic rings. The van der Waals surface area contributed by atoms with Crippen LogP contribution in [0.4, 0.5) is 5.69 Å². The van der Waals surface area contributed by atoms with Crippen molar-refractivity contribution in [2.75, 3.05) is 5.32 Å². The summed E-state index contributed by atoms with van der Waals surface area (Å²) in [5.74, 6) is 0. The van der Waals surface area contributed by atoms with Crippen LogP contribution in [0, 0.1) is 0 Å². The van der Waals surface area contributed by atoms with Gasteiger partial charge in [-0.1, -0.05) is 54.4 Å². The summed E-state index contributed by atoms with van der Waals surface area (Å²) < 4.78 is 0. The third-order valence-electron chi connectivity index (χ3n) is 3.27. The summed E-state index contributed by atoms with van der Waals surface area (Å²) in [7, 11) is 0. The van der Waals surface area contributed by atoms with Crippen LogP contribution in [0.5, 0.6) is 0 Å². The second-order valence-corrected chi connectivity index (χ2v) is 5.41. The van der Waals surface area contributed by atoms with E-state index >= 15 is 0 Å². The van der Waals surface area contributed by atoms with E-state index in [1.807, 2.05) is 42.5 Å². The van der Waals surface area contributed by atoms with Crippen LogP contribution in [0.3, 0.4) is 0 Å². The van der Waals surface area contributed by atoms with Gasteiger partial charge in [-0.25, -0.2) is 0 Å². The van der Waals surface area contributed by atoms with E-state index in [4.69, 9.17) is 23.2 Å². The van der Waals surface area contributed by atoms with Crippen LogP contribution in [0.2, 0.25) is 10.0 Å². The largest absolute Gasteiger partial charge is 0.392 e. The van der Waals surface area contributed by atoms with Gasteiger partial charge in [0.15, 0.2) is 0 Å². The molecule has 0 spiro atoms. The zero-order valence-corrected chi connectivity index (χ0v) is 12.7. The third-order valence-corrected chi connectivity index (χ3v) is 4.01. The summed E-state index contributed by atoms with van der Waals surface area (Å²) >= 11 is 12.0. The number of aliphatic hydroxyl groups excluding tert-OH is 1. The number of hydrogen-bond donors (Lipinski definition) is 2. The molecule has 1 atom stereocenters. The maximum Gasteiger partial charge on any atom is 0.0701 e. The molecule has 0 heterocycles. The highest BCUT2D eigenvalue weighted by atomic mass is 35.5. The van der Waals surface area contributed by atoms with Crippen LogP contribution >= 0.6 is 23.2 Å². The number of hydrogen-bond acceptors (Lipinski definition) is 2. The zero-order valence-electron chi connectivity index (χ0n) is 11.2. The highest BCUT2D eigenvalue weighted by molar-refractivity contribution is 6.42. The summed E-state index contributed by atoms with van der Waals surface area (Å²) in [5, 5.41) is 13.9. The smallest absolute Gasteiger partial charge is 0.0701 e. The average Bonchev–Trinajstić information content (AvgIpc) is 2.48. The van der Waals surface area contributed by atoms with E-state index in [-0.39, 0.29) is 12.6 Å². The number of para-hydroxylation sites is 1. The Balaban J connectivity index is 2.26. The molecule has 0 bridgehead atoms. The van der Waals surface area contributed by atoms with Gasteiger partial charge in [-0.15, -0.1) is 0 Å². The van der Waals surface area contributed by atoms with Crippen LogP contribution < -0.4 is 5.32 Å². The first-order valence-corrected chi connectivity index (χ1v) is 7.31. The zero-order chi connectivity index (χ0) is 14.5. The molecule has 0 aliphatic heterocycles. The number of aliphatic hydroxyl groups is 1. The molecule has 20 heavy (non-hydrogen) atoms. The fourth-order valence-corrected chi connectivity index (χ4v) is 2.44. The van der Waals surface area contributed by atoms with Crippen LogP contribution in [0.15, 0.2) is 42.5 Å². The van der Waals surface area contributed by atoms with Crippen LogP contribution in [-0.2, 0) is 6.61 Å². The Morgan fingerprint density at radius 1 is 1.10 bits per heavy atom. The van der Waals surface area contributed by atoms with Crippen molar-refractivity contribution in [3.05, 3.63) is 63.6 Å². The summed E-state index contributed by atoms with van der Waals surface area (Å²) in [6.45, 7) is 2.11. The molecule has 0 saturated carbocycles. The highest BCUT2D eigenvalue weighted by Gasteiger charge is 2.12. The van der Waals surface area contributed by atoms with Gasteiger partial charge in [-0.2, -0.15) is 0 Å². The van der Waals surface area contributed by atoms with Crippen LogP contribution in [0.25, 0.3) is 0 Å². The number of halogens is 2. The maximum atomic E-state index is 9.38. The van der Waals surface area contributed by atoms with Gasteiger partial charge in [0.1, 0.15) is 0 Å². The quantitative estimate of drug-likeness (QED) is 0.810. The van der Waals surface area contributed by atoms with Gasteiger partial charge in [0.05, 0.1) is 22.7 Å². The Morgan fingerprint density at radius 3 is 2.50 bits per heavy atom. The predicted molar refractivity (Wildman–Crippen MR) is 85.5 cm³/mol. The van der Waals surface area contributed by atoms with Crippen molar-refractivity contribution in [1.82, 2.24) is 0 Å². The van der Waals surface area contributed by atoms with E-state index in [2.05, 4.69) is 12.2 Å². The molecule has 0 amide bonds. The molecule has 0 radical (unpaired) electrons. The summed E-state index contributed by atoms with van der Waals surface area (Å²) in [4.78, 5) is 0. The van der Waals surface area contributed by atoms with E-state index in [0.717, 1.165) is 23.2 Å². The second-order valence-electron chi connectivity index (χ2n) is 4.59. The number of nitrogens with one attached hydrogen (secondary N) is 1. The van der Waals surface area contributed by atoms with Crippen LogP contribution in [-0.4, -0.2) is 5.11 Å². The van der Waals surface area contributed by atoms with Crippen molar-refractivity contribution in [2.24, 2.45) is 0 Å². The monoisotopic (exact) mass is 309 g/mol. The van der Waals surface area contributed by atoms with Crippen molar-refractivity contribution in [1.29, 1.82) is 0 Å². The first kappa shape index (κ1) is 15.2. The topological polar surface area (TPSA) is 32.3 Å². The number of benzene rings is 2. The minimum Gasteiger partial charge on any atom is -0.392 e. The fourth-order valence-electron chi connectivity index (χ4n) is 2.14. The normalized spacial score (nSPS) is 12.2. The second kappa shape index (κ2) is 6.98. The molecule has 106 valence electrons. The lowest BCUT2D eigenvalue weighted by Gasteiger charge is -2.21. The molecule has 2 nitrogen and oxygen atoms in total. The van der Waals surface area contributed by atoms with Gasteiger partial charge in [-0.3, -0.25) is 0 Å². The summed E-state index contributed by atoms with van der Waals surface area (Å²) in [5.41, 5.74) is 2.90. The van der Waals surface area contributed by atoms with Gasteiger partial charge in [0.25, 0.3) is 0 Å². The van der Waals surface area contributed by atoms with Gasteiger partial charge in [0.2, 0.25) is 0 Å². The van der Waals surface area contributed by atoms with Crippen molar-refractivity contribution in [3.8, 4) is 0 Å². The number of rotatable bonds is 5. The lowest BCUT2D eigenvalue weighted by molar-refractivity contribution is 0.282. The number of anilines is 1. The van der Waals surface area contributed by atoms with Crippen molar-refractivity contribution in [3.63, 3.8) is 0 Å². The SMILES string of the molecule is CCC(Nc1ccccc1CO)c1ccc(Cl)c(Cl)c1. The lowest BCUT2D eigenvalue weighted by Crippen LogP contribution is -2.11. The van der Waals surface area contributed by atoms with E-state index in [1.54, 1.807) is 0 Å². The molecule has 0 saturated heterocycles. The maximum absolute atomic E-state index is 9.38. The molecule has 0 fully saturated rings. The molecular weight excluding hydrogens is 293 g/mol. The average molecular weight is 310 g/mol. The predicted octanol–water partition coefficient (Wildman–Crippen LogP) is 5.05. The van der Waals surface area contributed by atoms with Gasteiger partial charge >= 0.3 is 0 Å². The van der Waals surface area contributed by atoms with Gasteiger partial charge in [0, 0.05) is 11.3 Å². The van der Waals surface area contributed by atoms with Crippen molar-refractivity contribution >= 4 is 28.9 Å². The molecule has 4 heteroatoms. The molecular formula is C16H17Cl2NO. The van der Waals surface area contributed by atoms with Gasteiger partial charge < -0.3 is 10.4 Å². The fraction of sp³-hybridized carbons (Fsp3) is 0.250. The minimum absolute atomic E-state index is 0.0149. The Bertz CT molecular complexity index is 586.